The molecule has 126 valence electrons. The summed E-state index contributed by atoms with van der Waals surface area (Å²) in [5.41, 5.74) is 4.93. The maximum atomic E-state index is 12.2. The van der Waals surface area contributed by atoms with E-state index in [1.165, 1.54) is 4.68 Å². The van der Waals surface area contributed by atoms with Gasteiger partial charge >= 0.3 is 0 Å². The van der Waals surface area contributed by atoms with Gasteiger partial charge in [0, 0.05) is 18.2 Å². The van der Waals surface area contributed by atoms with Crippen LogP contribution in [0.2, 0.25) is 0 Å². The summed E-state index contributed by atoms with van der Waals surface area (Å²) in [6.45, 7) is 4.79. The molecule has 0 unspecified atom stereocenters. The number of carbonyl (C=O) groups excluding carboxylic acids is 1. The Kier molecular flexibility index (Phi) is 4.79. The first-order valence-electron chi connectivity index (χ1n) is 8.50. The summed E-state index contributed by atoms with van der Waals surface area (Å²) in [6.07, 6.45) is 4.14. The zero-order chi connectivity index (χ0) is 17.1. The number of carbonyl (C=O) groups is 1. The molecule has 1 aliphatic rings. The van der Waals surface area contributed by atoms with Crippen LogP contribution in [-0.2, 0) is 19.4 Å². The molecular formula is C19H23N3O2. The predicted octanol–water partition coefficient (Wildman–Crippen LogP) is 2.17. The number of amides is 1. The highest BCUT2D eigenvalue weighted by atomic mass is 16.1. The third-order valence-corrected chi connectivity index (χ3v) is 4.65. The molecule has 5 nitrogen and oxygen atoms in total. The molecule has 5 heteroatoms. The van der Waals surface area contributed by atoms with E-state index in [1.807, 2.05) is 32.0 Å². The van der Waals surface area contributed by atoms with Gasteiger partial charge in [-0.05, 0) is 68.4 Å². The van der Waals surface area contributed by atoms with Crippen molar-refractivity contribution in [1.29, 1.82) is 0 Å². The van der Waals surface area contributed by atoms with Crippen LogP contribution in [0.3, 0.4) is 0 Å². The number of benzene rings is 1. The minimum Gasteiger partial charge on any atom is -0.350 e. The molecule has 24 heavy (non-hydrogen) atoms. The Morgan fingerprint density at radius 3 is 2.75 bits per heavy atom. The fraction of sp³-hybridized carbons (Fsp3) is 0.421. The zero-order valence-corrected chi connectivity index (χ0v) is 14.3. The van der Waals surface area contributed by atoms with Crippen LogP contribution in [0.25, 0.3) is 0 Å². The quantitative estimate of drug-likeness (QED) is 0.937. The first kappa shape index (κ1) is 16.4. The molecule has 0 atom stereocenters. The molecule has 2 aromatic rings. The molecule has 0 aliphatic heterocycles. The van der Waals surface area contributed by atoms with Crippen molar-refractivity contribution >= 4 is 5.91 Å². The molecule has 0 saturated carbocycles. The van der Waals surface area contributed by atoms with Crippen LogP contribution >= 0.6 is 0 Å². The first-order chi connectivity index (χ1) is 11.5. The number of rotatable bonds is 4. The second kappa shape index (κ2) is 6.99. The predicted molar refractivity (Wildman–Crippen MR) is 93.4 cm³/mol. The lowest BCUT2D eigenvalue weighted by molar-refractivity contribution is 0.0951. The number of aromatic nitrogens is 2. The lowest BCUT2D eigenvalue weighted by Gasteiger charge is -2.16. The van der Waals surface area contributed by atoms with Crippen molar-refractivity contribution in [2.45, 2.75) is 46.1 Å². The molecule has 3 rings (SSSR count). The van der Waals surface area contributed by atoms with E-state index in [2.05, 4.69) is 10.4 Å². The Bertz CT molecular complexity index is 824. The summed E-state index contributed by atoms with van der Waals surface area (Å²) in [4.78, 5) is 24.3. The van der Waals surface area contributed by atoms with Crippen molar-refractivity contribution in [3.63, 3.8) is 0 Å². The largest absolute Gasteiger partial charge is 0.350 e. The fourth-order valence-corrected chi connectivity index (χ4v) is 3.02. The van der Waals surface area contributed by atoms with E-state index < -0.39 is 0 Å². The summed E-state index contributed by atoms with van der Waals surface area (Å²) in [6, 6.07) is 7.35. The Balaban J connectivity index is 1.63. The lowest BCUT2D eigenvalue weighted by atomic mass is 9.97. The number of nitrogens with zero attached hydrogens (tertiary/aromatic N) is 2. The Morgan fingerprint density at radius 2 is 1.96 bits per heavy atom. The molecule has 1 aromatic heterocycles. The molecule has 1 N–H and O–H groups in total. The normalized spacial score (nSPS) is 13.4. The van der Waals surface area contributed by atoms with E-state index >= 15 is 0 Å². The SMILES string of the molecule is Cc1ccc(C(=O)NCCn2nc3c(cc2=O)CCCC3)cc1C. The van der Waals surface area contributed by atoms with Gasteiger partial charge in [0.15, 0.2) is 0 Å². The van der Waals surface area contributed by atoms with Crippen LogP contribution < -0.4 is 10.9 Å². The van der Waals surface area contributed by atoms with Crippen molar-refractivity contribution in [3.05, 3.63) is 62.6 Å². The van der Waals surface area contributed by atoms with Gasteiger partial charge in [-0.25, -0.2) is 4.68 Å². The molecular weight excluding hydrogens is 302 g/mol. The molecule has 1 aromatic carbocycles. The minimum absolute atomic E-state index is 0.0870. The van der Waals surface area contributed by atoms with Crippen LogP contribution in [0.15, 0.2) is 29.1 Å². The number of hydrogen-bond acceptors (Lipinski definition) is 3. The van der Waals surface area contributed by atoms with Crippen molar-refractivity contribution in [1.82, 2.24) is 15.1 Å². The molecule has 1 aliphatic carbocycles. The van der Waals surface area contributed by atoms with Crippen molar-refractivity contribution in [2.24, 2.45) is 0 Å². The van der Waals surface area contributed by atoms with Crippen molar-refractivity contribution < 1.29 is 4.79 Å². The van der Waals surface area contributed by atoms with Gasteiger partial charge in [-0.15, -0.1) is 0 Å². The summed E-state index contributed by atoms with van der Waals surface area (Å²) in [5.74, 6) is -0.121. The zero-order valence-electron chi connectivity index (χ0n) is 14.3. The third kappa shape index (κ3) is 3.55. The summed E-state index contributed by atoms with van der Waals surface area (Å²) in [5, 5.41) is 7.32. The van der Waals surface area contributed by atoms with E-state index in [0.717, 1.165) is 48.1 Å². The van der Waals surface area contributed by atoms with Crippen LogP contribution in [0.1, 0.15) is 45.6 Å². The molecule has 0 spiro atoms. The Labute approximate surface area is 141 Å². The highest BCUT2D eigenvalue weighted by Crippen LogP contribution is 2.16. The third-order valence-electron chi connectivity index (χ3n) is 4.65. The van der Waals surface area contributed by atoms with E-state index in [-0.39, 0.29) is 11.5 Å². The van der Waals surface area contributed by atoms with Gasteiger partial charge in [-0.2, -0.15) is 5.10 Å². The first-order valence-corrected chi connectivity index (χ1v) is 8.50. The molecule has 0 saturated heterocycles. The topological polar surface area (TPSA) is 64.0 Å². The van der Waals surface area contributed by atoms with E-state index in [9.17, 15) is 9.59 Å². The molecule has 0 fully saturated rings. The molecule has 0 radical (unpaired) electrons. The fourth-order valence-electron chi connectivity index (χ4n) is 3.02. The minimum atomic E-state index is -0.121. The second-order valence-electron chi connectivity index (χ2n) is 6.44. The van der Waals surface area contributed by atoms with Gasteiger partial charge in [-0.1, -0.05) is 6.07 Å². The summed E-state index contributed by atoms with van der Waals surface area (Å²) in [7, 11) is 0. The van der Waals surface area contributed by atoms with Crippen LogP contribution in [0.4, 0.5) is 0 Å². The Hall–Kier alpha value is -2.43. The van der Waals surface area contributed by atoms with Gasteiger partial charge < -0.3 is 5.32 Å². The monoisotopic (exact) mass is 325 g/mol. The second-order valence-corrected chi connectivity index (χ2v) is 6.44. The van der Waals surface area contributed by atoms with Crippen LogP contribution in [-0.4, -0.2) is 22.2 Å². The Morgan fingerprint density at radius 1 is 1.17 bits per heavy atom. The van der Waals surface area contributed by atoms with Gasteiger partial charge in [0.25, 0.3) is 11.5 Å². The van der Waals surface area contributed by atoms with Crippen molar-refractivity contribution in [2.75, 3.05) is 6.54 Å². The highest BCUT2D eigenvalue weighted by Gasteiger charge is 2.13. The van der Waals surface area contributed by atoms with Gasteiger partial charge in [0.2, 0.25) is 0 Å². The van der Waals surface area contributed by atoms with E-state index in [1.54, 1.807) is 6.07 Å². The molecule has 1 amide bonds. The van der Waals surface area contributed by atoms with E-state index in [4.69, 9.17) is 0 Å². The van der Waals surface area contributed by atoms with Crippen molar-refractivity contribution in [3.8, 4) is 0 Å². The van der Waals surface area contributed by atoms with Crippen LogP contribution in [0.5, 0.6) is 0 Å². The van der Waals surface area contributed by atoms with Gasteiger partial charge in [0.1, 0.15) is 0 Å². The maximum Gasteiger partial charge on any atom is 0.267 e. The summed E-state index contributed by atoms with van der Waals surface area (Å²) < 4.78 is 1.46. The molecule has 0 bridgehead atoms. The molecule has 1 heterocycles. The number of aryl methyl sites for hydroxylation is 4. The highest BCUT2D eigenvalue weighted by molar-refractivity contribution is 5.94. The van der Waals surface area contributed by atoms with Gasteiger partial charge in [-0.3, -0.25) is 9.59 Å². The maximum absolute atomic E-state index is 12.2. The standard InChI is InChI=1S/C19H23N3O2/c1-13-7-8-16(11-14(13)2)19(24)20-9-10-22-18(23)12-15-5-3-4-6-17(15)21-22/h7-8,11-12H,3-6,9-10H2,1-2H3,(H,20,24). The number of fused-ring (bicyclic) bond motifs is 1. The van der Waals surface area contributed by atoms with E-state index in [0.29, 0.717) is 18.7 Å². The smallest absolute Gasteiger partial charge is 0.267 e. The lowest BCUT2D eigenvalue weighted by Crippen LogP contribution is -2.33. The average molecular weight is 325 g/mol. The summed E-state index contributed by atoms with van der Waals surface area (Å²) >= 11 is 0. The van der Waals surface area contributed by atoms with Gasteiger partial charge in [0.05, 0.1) is 12.2 Å². The number of nitrogens with one attached hydrogen (secondary N) is 1. The average Bonchev–Trinajstić information content (AvgIpc) is 2.57. The van der Waals surface area contributed by atoms with Crippen LogP contribution in [0, 0.1) is 13.8 Å². The number of hydrogen-bond donors (Lipinski definition) is 1.